The summed E-state index contributed by atoms with van der Waals surface area (Å²) in [4.78, 5) is 2.46. The van der Waals surface area contributed by atoms with E-state index in [0.29, 0.717) is 10.3 Å². The molecule has 2 N–H and O–H groups in total. The molecule has 2 rings (SSSR count). The molecule has 0 aromatic heterocycles. The number of hydrogen-bond acceptors (Lipinski definition) is 3. The van der Waals surface area contributed by atoms with Gasteiger partial charge in [-0.15, -0.1) is 0 Å². The Morgan fingerprint density at radius 2 is 2.10 bits per heavy atom. The molecular weight excluding hydrogens is 271 g/mol. The van der Waals surface area contributed by atoms with Gasteiger partial charge in [-0.1, -0.05) is 25.1 Å². The Labute approximate surface area is 125 Å². The highest BCUT2D eigenvalue weighted by Gasteiger charge is 2.29. The smallest absolute Gasteiger partial charge is 0.127 e. The number of nitrogens with two attached hydrogens (primary N) is 1. The van der Waals surface area contributed by atoms with Crippen molar-refractivity contribution < 1.29 is 4.39 Å². The molecule has 112 valence electrons. The van der Waals surface area contributed by atoms with Gasteiger partial charge >= 0.3 is 0 Å². The fourth-order valence-electron chi connectivity index (χ4n) is 2.84. The van der Waals surface area contributed by atoms with Crippen LogP contribution in [0, 0.1) is 11.7 Å². The summed E-state index contributed by atoms with van der Waals surface area (Å²) in [6.45, 7) is 9.79. The Morgan fingerprint density at radius 3 is 2.75 bits per heavy atom. The van der Waals surface area contributed by atoms with Crippen LogP contribution in [0.3, 0.4) is 0 Å². The summed E-state index contributed by atoms with van der Waals surface area (Å²) < 4.78 is 14.1. The first-order valence-electron chi connectivity index (χ1n) is 7.25. The molecule has 0 bridgehead atoms. The van der Waals surface area contributed by atoms with Crippen LogP contribution in [0.25, 0.3) is 0 Å². The van der Waals surface area contributed by atoms with E-state index < -0.39 is 0 Å². The summed E-state index contributed by atoms with van der Waals surface area (Å²) in [7, 11) is 0. The summed E-state index contributed by atoms with van der Waals surface area (Å²) in [5, 5.41) is 0. The Balaban J connectivity index is 1.98. The molecular formula is C16H25FN2S. The zero-order valence-corrected chi connectivity index (χ0v) is 13.4. The normalized spacial score (nSPS) is 22.4. The second kappa shape index (κ2) is 6.46. The lowest BCUT2D eigenvalue weighted by molar-refractivity contribution is 0.212. The van der Waals surface area contributed by atoms with Crippen molar-refractivity contribution in [3.63, 3.8) is 0 Å². The van der Waals surface area contributed by atoms with Gasteiger partial charge in [0.05, 0.1) is 0 Å². The van der Waals surface area contributed by atoms with E-state index in [2.05, 4.69) is 25.7 Å². The second-order valence-electron chi connectivity index (χ2n) is 6.37. The number of rotatable bonds is 4. The molecule has 0 spiro atoms. The average molecular weight is 296 g/mol. The van der Waals surface area contributed by atoms with Gasteiger partial charge in [0.25, 0.3) is 0 Å². The summed E-state index contributed by atoms with van der Waals surface area (Å²) in [5.41, 5.74) is 6.88. The van der Waals surface area contributed by atoms with Crippen LogP contribution < -0.4 is 5.73 Å². The first kappa shape index (κ1) is 15.8. The predicted molar refractivity (Wildman–Crippen MR) is 85.5 cm³/mol. The SMILES string of the molecule is CC(CN1CCSC(C)(C)C1)C(N)c1ccccc1F. The highest BCUT2D eigenvalue weighted by atomic mass is 32.2. The van der Waals surface area contributed by atoms with E-state index in [4.69, 9.17) is 5.73 Å². The first-order valence-corrected chi connectivity index (χ1v) is 8.24. The maximum absolute atomic E-state index is 13.8. The van der Waals surface area contributed by atoms with E-state index in [1.807, 2.05) is 17.8 Å². The van der Waals surface area contributed by atoms with Gasteiger partial charge in [-0.25, -0.2) is 4.39 Å². The highest BCUT2D eigenvalue weighted by Crippen LogP contribution is 2.31. The van der Waals surface area contributed by atoms with Crippen LogP contribution in [-0.2, 0) is 0 Å². The molecule has 1 saturated heterocycles. The third-order valence-electron chi connectivity index (χ3n) is 3.93. The maximum atomic E-state index is 13.8. The molecule has 1 heterocycles. The molecule has 4 heteroatoms. The molecule has 2 atom stereocenters. The largest absolute Gasteiger partial charge is 0.324 e. The van der Waals surface area contributed by atoms with Gasteiger partial charge in [0, 0.05) is 41.7 Å². The Kier molecular flexibility index (Phi) is 5.10. The standard InChI is InChI=1S/C16H25FN2S/c1-12(10-19-8-9-20-16(2,3)11-19)15(18)13-6-4-5-7-14(13)17/h4-7,12,15H,8-11,18H2,1-3H3. The number of benzene rings is 1. The van der Waals surface area contributed by atoms with Crippen molar-refractivity contribution in [3.05, 3.63) is 35.6 Å². The third kappa shape index (κ3) is 3.96. The molecule has 2 nitrogen and oxygen atoms in total. The van der Waals surface area contributed by atoms with Crippen LogP contribution in [0.15, 0.2) is 24.3 Å². The zero-order chi connectivity index (χ0) is 14.8. The van der Waals surface area contributed by atoms with Crippen molar-refractivity contribution in [2.24, 2.45) is 11.7 Å². The van der Waals surface area contributed by atoms with E-state index >= 15 is 0 Å². The number of thioether (sulfide) groups is 1. The minimum atomic E-state index is -0.242. The lowest BCUT2D eigenvalue weighted by atomic mass is 9.94. The van der Waals surface area contributed by atoms with E-state index in [1.165, 1.54) is 6.07 Å². The first-order chi connectivity index (χ1) is 9.39. The third-order valence-corrected chi connectivity index (χ3v) is 5.23. The summed E-state index contributed by atoms with van der Waals surface area (Å²) >= 11 is 2.03. The molecule has 1 aliphatic rings. The topological polar surface area (TPSA) is 29.3 Å². The van der Waals surface area contributed by atoms with Crippen molar-refractivity contribution in [2.75, 3.05) is 25.4 Å². The zero-order valence-electron chi connectivity index (χ0n) is 12.6. The monoisotopic (exact) mass is 296 g/mol. The van der Waals surface area contributed by atoms with Gasteiger partial charge in [0.2, 0.25) is 0 Å². The van der Waals surface area contributed by atoms with Crippen LogP contribution in [0.2, 0.25) is 0 Å². The number of halogens is 1. The summed E-state index contributed by atoms with van der Waals surface area (Å²) in [6, 6.07) is 6.61. The van der Waals surface area contributed by atoms with Crippen LogP contribution in [-0.4, -0.2) is 35.0 Å². The van der Waals surface area contributed by atoms with Crippen molar-refractivity contribution in [2.45, 2.75) is 31.6 Å². The molecule has 0 radical (unpaired) electrons. The lowest BCUT2D eigenvalue weighted by Crippen LogP contribution is -2.45. The van der Waals surface area contributed by atoms with Gasteiger partial charge in [-0.3, -0.25) is 0 Å². The van der Waals surface area contributed by atoms with E-state index in [1.54, 1.807) is 12.1 Å². The Morgan fingerprint density at radius 1 is 1.40 bits per heavy atom. The Bertz CT molecular complexity index is 450. The molecule has 1 aliphatic heterocycles. The molecule has 1 aromatic carbocycles. The Hall–Kier alpha value is -0.580. The molecule has 0 saturated carbocycles. The van der Waals surface area contributed by atoms with E-state index in [9.17, 15) is 4.39 Å². The fourth-order valence-corrected chi connectivity index (χ4v) is 4.02. The van der Waals surface area contributed by atoms with Crippen LogP contribution in [0.1, 0.15) is 32.4 Å². The molecule has 1 fully saturated rings. The molecule has 0 amide bonds. The van der Waals surface area contributed by atoms with Gasteiger partial charge < -0.3 is 10.6 Å². The average Bonchev–Trinajstić information content (AvgIpc) is 2.37. The van der Waals surface area contributed by atoms with Gasteiger partial charge in [-0.2, -0.15) is 11.8 Å². The minimum absolute atomic E-state index is 0.193. The quantitative estimate of drug-likeness (QED) is 0.924. The molecule has 2 unspecified atom stereocenters. The van der Waals surface area contributed by atoms with Gasteiger partial charge in [-0.05, 0) is 25.8 Å². The van der Waals surface area contributed by atoms with E-state index in [0.717, 1.165) is 25.4 Å². The highest BCUT2D eigenvalue weighted by molar-refractivity contribution is 8.00. The minimum Gasteiger partial charge on any atom is -0.324 e. The van der Waals surface area contributed by atoms with Crippen molar-refractivity contribution >= 4 is 11.8 Å². The van der Waals surface area contributed by atoms with Crippen LogP contribution in [0.5, 0.6) is 0 Å². The second-order valence-corrected chi connectivity index (χ2v) is 8.17. The predicted octanol–water partition coefficient (Wildman–Crippen LogP) is 3.29. The molecule has 20 heavy (non-hydrogen) atoms. The van der Waals surface area contributed by atoms with Crippen LogP contribution in [0.4, 0.5) is 4.39 Å². The number of hydrogen-bond donors (Lipinski definition) is 1. The van der Waals surface area contributed by atoms with E-state index in [-0.39, 0.29) is 17.8 Å². The van der Waals surface area contributed by atoms with Crippen molar-refractivity contribution in [3.8, 4) is 0 Å². The van der Waals surface area contributed by atoms with Crippen LogP contribution >= 0.6 is 11.8 Å². The fraction of sp³-hybridized carbons (Fsp3) is 0.625. The van der Waals surface area contributed by atoms with Crippen molar-refractivity contribution in [1.82, 2.24) is 4.90 Å². The van der Waals surface area contributed by atoms with Crippen molar-refractivity contribution in [1.29, 1.82) is 0 Å². The number of nitrogens with zero attached hydrogens (tertiary/aromatic N) is 1. The summed E-state index contributed by atoms with van der Waals surface area (Å²) in [5.74, 6) is 1.21. The van der Waals surface area contributed by atoms with Gasteiger partial charge in [0.1, 0.15) is 5.82 Å². The maximum Gasteiger partial charge on any atom is 0.127 e. The molecule has 1 aromatic rings. The lowest BCUT2D eigenvalue weighted by Gasteiger charge is -2.39. The molecule has 0 aliphatic carbocycles. The summed E-state index contributed by atoms with van der Waals surface area (Å²) in [6.07, 6.45) is 0. The van der Waals surface area contributed by atoms with Gasteiger partial charge in [0.15, 0.2) is 0 Å².